The molecule has 9 heteroatoms. The molecule has 2 N–H and O–H groups in total. The Hall–Kier alpha value is -3.43. The van der Waals surface area contributed by atoms with Crippen LogP contribution in [0.3, 0.4) is 0 Å². The van der Waals surface area contributed by atoms with Crippen LogP contribution < -0.4 is 5.73 Å². The summed E-state index contributed by atoms with van der Waals surface area (Å²) in [7, 11) is 1.34. The topological polar surface area (TPSA) is 75.9 Å². The molecule has 0 aliphatic carbocycles. The third-order valence-corrected chi connectivity index (χ3v) is 5.37. The first-order valence-electron chi connectivity index (χ1n) is 9.33. The molecule has 160 valence electrons. The normalized spacial score (nSPS) is 22.2. The average Bonchev–Trinajstić information content (AvgIpc) is 2.95. The van der Waals surface area contributed by atoms with Gasteiger partial charge in [-0.25, -0.2) is 4.79 Å². The van der Waals surface area contributed by atoms with E-state index in [0.717, 1.165) is 15.7 Å². The number of likely N-dealkylation sites (N-methyl/N-ethyl adjacent to an activating group) is 1. The minimum Gasteiger partial charge on any atom is -0.356 e. The molecule has 0 saturated carbocycles. The number of carbonyl (C=O) groups excluding carboxylic acids is 2. The van der Waals surface area contributed by atoms with Gasteiger partial charge in [-0.3, -0.25) is 10.5 Å². The molecule has 0 radical (unpaired) electrons. The summed E-state index contributed by atoms with van der Waals surface area (Å²) in [4.78, 5) is 31.1. The lowest BCUT2D eigenvalue weighted by molar-refractivity contribution is -0.260. The van der Waals surface area contributed by atoms with Crippen LogP contribution in [0.2, 0.25) is 0 Å². The number of hydroxylamine groups is 2. The Kier molecular flexibility index (Phi) is 4.95. The van der Waals surface area contributed by atoms with Crippen molar-refractivity contribution in [3.63, 3.8) is 0 Å². The van der Waals surface area contributed by atoms with Crippen molar-refractivity contribution >= 4 is 22.6 Å². The maximum Gasteiger partial charge on any atom is 0.492 e. The molecule has 31 heavy (non-hydrogen) atoms. The largest absolute Gasteiger partial charge is 0.492 e. The van der Waals surface area contributed by atoms with Crippen molar-refractivity contribution in [2.75, 3.05) is 7.05 Å². The van der Waals surface area contributed by atoms with E-state index in [-0.39, 0.29) is 0 Å². The number of carbonyl (C=O) groups is 2. The van der Waals surface area contributed by atoms with Crippen molar-refractivity contribution in [3.05, 3.63) is 83.9 Å². The predicted molar refractivity (Wildman–Crippen MR) is 106 cm³/mol. The Morgan fingerprint density at radius 3 is 2.23 bits per heavy atom. The SMILES string of the molecule is CN1C(=O)C(c2ccccc2)(c2ccc3ccccc3c2)N(OC(=O)C(F)(F)F)C1N. The van der Waals surface area contributed by atoms with Gasteiger partial charge in [0, 0.05) is 7.05 Å². The number of rotatable bonds is 3. The van der Waals surface area contributed by atoms with E-state index in [1.54, 1.807) is 54.6 Å². The van der Waals surface area contributed by atoms with E-state index in [2.05, 4.69) is 0 Å². The Morgan fingerprint density at radius 1 is 0.968 bits per heavy atom. The van der Waals surface area contributed by atoms with Crippen LogP contribution >= 0.6 is 0 Å². The number of alkyl halides is 3. The van der Waals surface area contributed by atoms with E-state index < -0.39 is 29.9 Å². The molecule has 1 heterocycles. The third-order valence-electron chi connectivity index (χ3n) is 5.37. The number of hydrogen-bond donors (Lipinski definition) is 1. The zero-order valence-corrected chi connectivity index (χ0v) is 16.3. The maximum absolute atomic E-state index is 13.5. The van der Waals surface area contributed by atoms with Crippen molar-refractivity contribution in [3.8, 4) is 0 Å². The van der Waals surface area contributed by atoms with Crippen LogP contribution in [-0.4, -0.2) is 41.4 Å². The van der Waals surface area contributed by atoms with Gasteiger partial charge < -0.3 is 9.74 Å². The second-order valence-electron chi connectivity index (χ2n) is 7.17. The van der Waals surface area contributed by atoms with E-state index in [4.69, 9.17) is 10.6 Å². The van der Waals surface area contributed by atoms with Crippen LogP contribution in [0.1, 0.15) is 11.1 Å². The molecular weight excluding hydrogens is 411 g/mol. The molecule has 3 aromatic carbocycles. The van der Waals surface area contributed by atoms with E-state index in [1.165, 1.54) is 7.05 Å². The number of amides is 1. The Labute approximate surface area is 175 Å². The first-order chi connectivity index (χ1) is 14.7. The zero-order valence-electron chi connectivity index (χ0n) is 16.3. The predicted octanol–water partition coefficient (Wildman–Crippen LogP) is 3.12. The number of nitrogens with two attached hydrogens (primary N) is 1. The van der Waals surface area contributed by atoms with Gasteiger partial charge in [-0.05, 0) is 28.0 Å². The minimum atomic E-state index is -5.27. The molecule has 6 nitrogen and oxygen atoms in total. The highest BCUT2D eigenvalue weighted by atomic mass is 19.4. The van der Waals surface area contributed by atoms with Gasteiger partial charge in [-0.1, -0.05) is 71.8 Å². The van der Waals surface area contributed by atoms with E-state index >= 15 is 0 Å². The summed E-state index contributed by atoms with van der Waals surface area (Å²) >= 11 is 0. The Morgan fingerprint density at radius 2 is 1.58 bits per heavy atom. The van der Waals surface area contributed by atoms with E-state index in [0.29, 0.717) is 16.2 Å². The number of hydrogen-bond acceptors (Lipinski definition) is 5. The van der Waals surface area contributed by atoms with Crippen LogP contribution in [-0.2, 0) is 20.0 Å². The molecule has 1 aliphatic rings. The van der Waals surface area contributed by atoms with Crippen molar-refractivity contribution < 1.29 is 27.6 Å². The van der Waals surface area contributed by atoms with Gasteiger partial charge in [0.25, 0.3) is 5.91 Å². The Balaban J connectivity index is 1.99. The first-order valence-corrected chi connectivity index (χ1v) is 9.33. The summed E-state index contributed by atoms with van der Waals surface area (Å²) in [5, 5.41) is 2.26. The summed E-state index contributed by atoms with van der Waals surface area (Å²) in [5.41, 5.74) is 4.78. The summed E-state index contributed by atoms with van der Waals surface area (Å²) in [5.74, 6) is -3.09. The monoisotopic (exact) mass is 429 g/mol. The highest BCUT2D eigenvalue weighted by Crippen LogP contribution is 2.44. The number of nitrogens with zero attached hydrogens (tertiary/aromatic N) is 2. The summed E-state index contributed by atoms with van der Waals surface area (Å²) in [6.45, 7) is 0. The lowest BCUT2D eigenvalue weighted by Gasteiger charge is -2.36. The van der Waals surface area contributed by atoms with Crippen LogP contribution in [0.15, 0.2) is 72.8 Å². The van der Waals surface area contributed by atoms with Gasteiger partial charge in [0.05, 0.1) is 0 Å². The lowest BCUT2D eigenvalue weighted by atomic mass is 9.81. The van der Waals surface area contributed by atoms with Gasteiger partial charge in [0.1, 0.15) is 0 Å². The summed E-state index contributed by atoms with van der Waals surface area (Å²) in [6, 6.07) is 20.5. The van der Waals surface area contributed by atoms with Gasteiger partial charge >= 0.3 is 12.1 Å². The Bertz CT molecular complexity index is 1150. The standard InChI is InChI=1S/C22H18F3N3O3/c1-27-18(29)21(16-9-3-2-4-10-16,28(20(27)26)31-19(30)22(23,24)25)17-12-11-14-7-5-6-8-15(14)13-17/h2-13,20H,26H2,1H3. The fourth-order valence-corrected chi connectivity index (χ4v) is 3.85. The van der Waals surface area contributed by atoms with Crippen LogP contribution in [0.5, 0.6) is 0 Å². The minimum absolute atomic E-state index is 0.310. The second-order valence-corrected chi connectivity index (χ2v) is 7.17. The van der Waals surface area contributed by atoms with Crippen LogP contribution in [0.4, 0.5) is 13.2 Å². The summed E-state index contributed by atoms with van der Waals surface area (Å²) < 4.78 is 39.1. The number of halogens is 3. The highest BCUT2D eigenvalue weighted by Gasteiger charge is 2.61. The molecule has 0 spiro atoms. The van der Waals surface area contributed by atoms with Crippen molar-refractivity contribution in [1.82, 2.24) is 9.96 Å². The molecule has 1 amide bonds. The average molecular weight is 429 g/mol. The smallest absolute Gasteiger partial charge is 0.356 e. The first kappa shape index (κ1) is 20.8. The zero-order chi connectivity index (χ0) is 22.4. The third kappa shape index (κ3) is 3.22. The molecule has 3 aromatic rings. The molecule has 2 atom stereocenters. The molecule has 1 aliphatic heterocycles. The van der Waals surface area contributed by atoms with Crippen LogP contribution in [0, 0.1) is 0 Å². The molecule has 1 fully saturated rings. The quantitative estimate of drug-likeness (QED) is 0.693. The fourth-order valence-electron chi connectivity index (χ4n) is 3.85. The van der Waals surface area contributed by atoms with Gasteiger partial charge in [0.15, 0.2) is 11.8 Å². The van der Waals surface area contributed by atoms with E-state index in [1.807, 2.05) is 18.2 Å². The molecular formula is C22H18F3N3O3. The van der Waals surface area contributed by atoms with Gasteiger partial charge in [0.2, 0.25) is 0 Å². The molecule has 1 saturated heterocycles. The molecule has 2 unspecified atom stereocenters. The fraction of sp³-hybridized carbons (Fsp3) is 0.182. The van der Waals surface area contributed by atoms with Gasteiger partial charge in [-0.2, -0.15) is 13.2 Å². The van der Waals surface area contributed by atoms with Gasteiger partial charge in [-0.15, -0.1) is 0 Å². The lowest BCUT2D eigenvalue weighted by Crippen LogP contribution is -2.53. The second kappa shape index (κ2) is 7.36. The number of benzene rings is 3. The maximum atomic E-state index is 13.5. The van der Waals surface area contributed by atoms with Crippen molar-refractivity contribution in [2.24, 2.45) is 5.73 Å². The molecule has 0 bridgehead atoms. The van der Waals surface area contributed by atoms with E-state index in [9.17, 15) is 22.8 Å². The molecule has 4 rings (SSSR count). The highest BCUT2D eigenvalue weighted by molar-refractivity contribution is 5.95. The number of fused-ring (bicyclic) bond motifs is 1. The van der Waals surface area contributed by atoms with Crippen molar-refractivity contribution in [1.29, 1.82) is 0 Å². The molecule has 0 aromatic heterocycles. The summed E-state index contributed by atoms with van der Waals surface area (Å²) in [6.07, 6.45) is -6.71. The van der Waals surface area contributed by atoms with Crippen LogP contribution in [0.25, 0.3) is 10.8 Å². The van der Waals surface area contributed by atoms with Crippen molar-refractivity contribution in [2.45, 2.75) is 18.0 Å².